The van der Waals surface area contributed by atoms with Crippen LogP contribution in [-0.2, 0) is 15.8 Å². The van der Waals surface area contributed by atoms with Gasteiger partial charge in [0.1, 0.15) is 11.8 Å². The zero-order chi connectivity index (χ0) is 19.6. The summed E-state index contributed by atoms with van der Waals surface area (Å²) < 4.78 is 38.4. The van der Waals surface area contributed by atoms with Crippen LogP contribution in [0.1, 0.15) is 12.0 Å². The SMILES string of the molecule is NC(=O)C1CC(C(=O)Nc2cccc(C(F)(F)F)c2)=NN1c1ccccc1. The van der Waals surface area contributed by atoms with Crippen molar-refractivity contribution in [1.29, 1.82) is 0 Å². The van der Waals surface area contributed by atoms with E-state index in [2.05, 4.69) is 10.4 Å². The average molecular weight is 376 g/mol. The maximum atomic E-state index is 12.8. The van der Waals surface area contributed by atoms with Gasteiger partial charge in [0, 0.05) is 12.1 Å². The molecule has 3 rings (SSSR count). The van der Waals surface area contributed by atoms with E-state index in [0.29, 0.717) is 5.69 Å². The van der Waals surface area contributed by atoms with Crippen molar-refractivity contribution < 1.29 is 22.8 Å². The van der Waals surface area contributed by atoms with Crippen molar-refractivity contribution in [3.63, 3.8) is 0 Å². The Morgan fingerprint density at radius 1 is 1.11 bits per heavy atom. The smallest absolute Gasteiger partial charge is 0.368 e. The number of anilines is 2. The topological polar surface area (TPSA) is 87.8 Å². The van der Waals surface area contributed by atoms with Gasteiger partial charge in [0.2, 0.25) is 5.91 Å². The zero-order valence-electron chi connectivity index (χ0n) is 13.9. The summed E-state index contributed by atoms with van der Waals surface area (Å²) in [5.41, 5.74) is 5.07. The molecule has 2 aromatic rings. The van der Waals surface area contributed by atoms with Gasteiger partial charge in [-0.15, -0.1) is 0 Å². The molecule has 0 fully saturated rings. The van der Waals surface area contributed by atoms with Crippen LogP contribution in [0.15, 0.2) is 59.7 Å². The lowest BCUT2D eigenvalue weighted by Crippen LogP contribution is -2.39. The average Bonchev–Trinajstić information content (AvgIpc) is 3.08. The van der Waals surface area contributed by atoms with Crippen LogP contribution >= 0.6 is 0 Å². The molecule has 2 aromatic carbocycles. The van der Waals surface area contributed by atoms with Gasteiger partial charge in [-0.25, -0.2) is 0 Å². The highest BCUT2D eigenvalue weighted by atomic mass is 19.4. The van der Waals surface area contributed by atoms with E-state index in [0.717, 1.165) is 12.1 Å². The normalized spacial score (nSPS) is 16.8. The van der Waals surface area contributed by atoms with E-state index in [9.17, 15) is 22.8 Å². The minimum atomic E-state index is -4.52. The van der Waals surface area contributed by atoms with Gasteiger partial charge in [-0.3, -0.25) is 14.6 Å². The van der Waals surface area contributed by atoms with Gasteiger partial charge in [0.25, 0.3) is 5.91 Å². The lowest BCUT2D eigenvalue weighted by molar-refractivity contribution is -0.137. The Labute approximate surface area is 152 Å². The molecule has 1 aliphatic rings. The molecule has 6 nitrogen and oxygen atoms in total. The second kappa shape index (κ2) is 7.10. The first-order valence-corrected chi connectivity index (χ1v) is 7.95. The molecule has 27 heavy (non-hydrogen) atoms. The quantitative estimate of drug-likeness (QED) is 0.860. The zero-order valence-corrected chi connectivity index (χ0v) is 13.9. The second-order valence-corrected chi connectivity index (χ2v) is 5.88. The van der Waals surface area contributed by atoms with Crippen molar-refractivity contribution in [1.82, 2.24) is 0 Å². The largest absolute Gasteiger partial charge is 0.416 e. The maximum Gasteiger partial charge on any atom is 0.416 e. The summed E-state index contributed by atoms with van der Waals surface area (Å²) >= 11 is 0. The Morgan fingerprint density at radius 3 is 2.44 bits per heavy atom. The summed E-state index contributed by atoms with van der Waals surface area (Å²) in [6.07, 6.45) is -4.57. The molecule has 0 spiro atoms. The minimum Gasteiger partial charge on any atom is -0.368 e. The molecule has 1 atom stereocenters. The molecule has 2 amide bonds. The molecule has 140 valence electrons. The first-order valence-electron chi connectivity index (χ1n) is 7.95. The Hall–Kier alpha value is -3.36. The van der Waals surface area contributed by atoms with E-state index < -0.39 is 29.6 Å². The fourth-order valence-corrected chi connectivity index (χ4v) is 2.66. The predicted octanol–water partition coefficient (Wildman–Crippen LogP) is 2.76. The third-order valence-corrected chi connectivity index (χ3v) is 3.97. The van der Waals surface area contributed by atoms with Crippen molar-refractivity contribution in [2.24, 2.45) is 10.8 Å². The van der Waals surface area contributed by atoms with E-state index >= 15 is 0 Å². The minimum absolute atomic E-state index is 0.0000600. The fourth-order valence-electron chi connectivity index (χ4n) is 2.66. The summed E-state index contributed by atoms with van der Waals surface area (Å²) in [5, 5.41) is 7.86. The summed E-state index contributed by atoms with van der Waals surface area (Å²) in [6, 6.07) is 12.1. The monoisotopic (exact) mass is 376 g/mol. The van der Waals surface area contributed by atoms with Crippen LogP contribution in [0, 0.1) is 0 Å². The van der Waals surface area contributed by atoms with Crippen molar-refractivity contribution in [2.75, 3.05) is 10.3 Å². The Kier molecular flexibility index (Phi) is 4.85. The number of para-hydroxylation sites is 1. The number of hydrogen-bond acceptors (Lipinski definition) is 4. The summed E-state index contributed by atoms with van der Waals surface area (Å²) in [4.78, 5) is 24.1. The maximum absolute atomic E-state index is 12.8. The Morgan fingerprint density at radius 2 is 1.81 bits per heavy atom. The molecule has 3 N–H and O–H groups in total. The number of alkyl halides is 3. The number of hydrazone groups is 1. The number of nitrogens with one attached hydrogen (secondary N) is 1. The number of rotatable bonds is 4. The second-order valence-electron chi connectivity index (χ2n) is 5.88. The first-order chi connectivity index (χ1) is 12.8. The molecule has 0 radical (unpaired) electrons. The molecule has 9 heteroatoms. The third kappa shape index (κ3) is 4.08. The van der Waals surface area contributed by atoms with Crippen molar-refractivity contribution >= 4 is 28.9 Å². The van der Waals surface area contributed by atoms with E-state index in [1.165, 1.54) is 17.1 Å². The standard InChI is InChI=1S/C18H15F3N4O2/c19-18(20,21)11-5-4-6-12(9-11)23-17(27)14-10-15(16(22)26)25(24-14)13-7-2-1-3-8-13/h1-9,15H,10H2,(H2,22,26)(H,23,27). The molecule has 0 saturated heterocycles. The van der Waals surface area contributed by atoms with Gasteiger partial charge in [0.15, 0.2) is 0 Å². The molecule has 0 bridgehead atoms. The van der Waals surface area contributed by atoms with Crippen LogP contribution in [0.3, 0.4) is 0 Å². The number of nitrogens with two attached hydrogens (primary N) is 1. The summed E-state index contributed by atoms with van der Waals surface area (Å²) in [6.45, 7) is 0. The number of nitrogens with zero attached hydrogens (tertiary/aromatic N) is 2. The van der Waals surface area contributed by atoms with Crippen LogP contribution in [0.5, 0.6) is 0 Å². The van der Waals surface area contributed by atoms with Crippen molar-refractivity contribution in [3.05, 3.63) is 60.2 Å². The number of carbonyl (C=O) groups excluding carboxylic acids is 2. The lowest BCUT2D eigenvalue weighted by Gasteiger charge is -2.20. The van der Waals surface area contributed by atoms with Crippen LogP contribution in [0.2, 0.25) is 0 Å². The van der Waals surface area contributed by atoms with Gasteiger partial charge in [-0.1, -0.05) is 24.3 Å². The van der Waals surface area contributed by atoms with Crippen LogP contribution in [-0.4, -0.2) is 23.6 Å². The Bertz CT molecular complexity index is 897. The first kappa shape index (κ1) is 18.4. The number of halogens is 3. The lowest BCUT2D eigenvalue weighted by atomic mass is 10.1. The number of carbonyl (C=O) groups is 2. The highest BCUT2D eigenvalue weighted by Crippen LogP contribution is 2.31. The van der Waals surface area contributed by atoms with Gasteiger partial charge >= 0.3 is 6.18 Å². The van der Waals surface area contributed by atoms with Gasteiger partial charge < -0.3 is 11.1 Å². The Balaban J connectivity index is 1.82. The number of primary amides is 1. The molecule has 0 saturated carbocycles. The van der Waals surface area contributed by atoms with Crippen molar-refractivity contribution in [3.8, 4) is 0 Å². The number of hydrogen-bond donors (Lipinski definition) is 2. The van der Waals surface area contributed by atoms with Gasteiger partial charge in [0.05, 0.1) is 11.3 Å². The molecule has 1 unspecified atom stereocenters. The molecule has 1 heterocycles. The van der Waals surface area contributed by atoms with E-state index in [4.69, 9.17) is 5.73 Å². The number of benzene rings is 2. The molecular formula is C18H15F3N4O2. The van der Waals surface area contributed by atoms with E-state index in [-0.39, 0.29) is 17.8 Å². The fraction of sp³-hybridized carbons (Fsp3) is 0.167. The summed E-state index contributed by atoms with van der Waals surface area (Å²) in [7, 11) is 0. The summed E-state index contributed by atoms with van der Waals surface area (Å²) in [5.74, 6) is -1.36. The molecule has 0 aliphatic carbocycles. The number of amides is 2. The predicted molar refractivity (Wildman–Crippen MR) is 94.0 cm³/mol. The van der Waals surface area contributed by atoms with Crippen LogP contribution < -0.4 is 16.1 Å². The highest BCUT2D eigenvalue weighted by molar-refractivity contribution is 6.44. The van der Waals surface area contributed by atoms with Crippen LogP contribution in [0.25, 0.3) is 0 Å². The van der Waals surface area contributed by atoms with Crippen molar-refractivity contribution in [2.45, 2.75) is 18.6 Å². The third-order valence-electron chi connectivity index (χ3n) is 3.97. The molecule has 0 aromatic heterocycles. The van der Waals surface area contributed by atoms with Crippen LogP contribution in [0.4, 0.5) is 24.5 Å². The van der Waals surface area contributed by atoms with E-state index in [1.54, 1.807) is 30.3 Å². The molecule has 1 aliphatic heterocycles. The van der Waals surface area contributed by atoms with Gasteiger partial charge in [-0.05, 0) is 30.3 Å². The molecular weight excluding hydrogens is 361 g/mol. The highest BCUT2D eigenvalue weighted by Gasteiger charge is 2.35. The van der Waals surface area contributed by atoms with E-state index in [1.807, 2.05) is 0 Å². The van der Waals surface area contributed by atoms with Gasteiger partial charge in [-0.2, -0.15) is 18.3 Å².